The number of amides is 9. The summed E-state index contributed by atoms with van der Waals surface area (Å²) in [4.78, 5) is 123. The fourth-order valence-electron chi connectivity index (χ4n) is 10.2. The average molecular weight is 1150 g/mol. The number of likely N-dealkylation sites (N-methyl/N-ethyl adjacent to an activating group) is 2. The number of aliphatic carboxylic acids is 1. The number of anilines is 1. The molecule has 10 N–H and O–H groups in total. The zero-order valence-corrected chi connectivity index (χ0v) is 49.9. The predicted molar refractivity (Wildman–Crippen MR) is 309 cm³/mol. The number of nitrogens with one attached hydrogen (secondary N) is 5. The molecule has 1 fully saturated rings. The molecule has 2 aromatic rings. The number of urea groups is 1. The highest BCUT2D eigenvalue weighted by Gasteiger charge is 2.43. The topological polar surface area (TPSA) is 327 Å². The summed E-state index contributed by atoms with van der Waals surface area (Å²) >= 11 is 0. The summed E-state index contributed by atoms with van der Waals surface area (Å²) in [6, 6.07) is 8.38. The normalized spacial score (nSPS) is 16.9. The lowest BCUT2D eigenvalue weighted by Gasteiger charge is -2.40. The third-order valence-electron chi connectivity index (χ3n) is 15.0. The molecule has 9 amide bonds. The Balaban J connectivity index is 1.65. The molecule has 0 saturated carbocycles. The lowest BCUT2D eigenvalue weighted by Crippen LogP contribution is -2.59. The maximum absolute atomic E-state index is 14.3. The molecule has 0 radical (unpaired) electrons. The van der Waals surface area contributed by atoms with E-state index in [0.717, 1.165) is 10.6 Å². The van der Waals surface area contributed by atoms with Crippen LogP contribution in [-0.4, -0.2) is 181 Å². The first-order valence-electron chi connectivity index (χ1n) is 27.9. The van der Waals surface area contributed by atoms with E-state index in [-0.39, 0.29) is 50.2 Å². The Hall–Kier alpha value is -7.15. The van der Waals surface area contributed by atoms with Gasteiger partial charge in [-0.3, -0.25) is 28.8 Å². The van der Waals surface area contributed by atoms with Gasteiger partial charge in [0.2, 0.25) is 35.4 Å². The second kappa shape index (κ2) is 33.7. The number of primary amides is 1. The molecule has 0 aliphatic carbocycles. The maximum atomic E-state index is 14.3. The monoisotopic (exact) mass is 1150 g/mol. The number of ether oxygens (including phenoxy) is 3. The number of likely N-dealkylation sites (tertiary alicyclic amines) is 1. The van der Waals surface area contributed by atoms with Crippen LogP contribution in [-0.2, 0) is 60.8 Å². The molecule has 1 saturated heterocycles. The van der Waals surface area contributed by atoms with Crippen LogP contribution in [0.3, 0.4) is 0 Å². The molecule has 0 bridgehead atoms. The van der Waals surface area contributed by atoms with Gasteiger partial charge in [-0.2, -0.15) is 0 Å². The van der Waals surface area contributed by atoms with Crippen molar-refractivity contribution in [3.8, 4) is 0 Å². The Morgan fingerprint density at radius 3 is 2.02 bits per heavy atom. The van der Waals surface area contributed by atoms with Gasteiger partial charge in [0, 0.05) is 60.6 Å². The van der Waals surface area contributed by atoms with E-state index in [1.165, 1.54) is 45.1 Å². The Bertz CT molecular complexity index is 2470. The number of carbonyl (C=O) groups excluding carboxylic acids is 8. The van der Waals surface area contributed by atoms with Crippen molar-refractivity contribution in [2.24, 2.45) is 29.2 Å². The van der Waals surface area contributed by atoms with Crippen molar-refractivity contribution in [1.82, 2.24) is 41.1 Å². The zero-order chi connectivity index (χ0) is 61.5. The minimum atomic E-state index is -1.18. The zero-order valence-electron chi connectivity index (χ0n) is 49.9. The van der Waals surface area contributed by atoms with Crippen LogP contribution in [0.4, 0.5) is 15.3 Å². The number of carbonyl (C=O) groups is 9. The van der Waals surface area contributed by atoms with Gasteiger partial charge in [-0.25, -0.2) is 24.4 Å². The molecule has 1 aliphatic heterocycles. The second-order valence-electron chi connectivity index (χ2n) is 21.7. The first-order valence-corrected chi connectivity index (χ1v) is 27.9. The van der Waals surface area contributed by atoms with E-state index in [9.17, 15) is 48.3 Å². The highest BCUT2D eigenvalue weighted by Crippen LogP contribution is 2.30. The molecule has 24 heteroatoms. The van der Waals surface area contributed by atoms with Crippen LogP contribution in [0.2, 0.25) is 0 Å². The highest BCUT2D eigenvalue weighted by atomic mass is 16.6. The fourth-order valence-corrected chi connectivity index (χ4v) is 10.2. The third-order valence-corrected chi connectivity index (χ3v) is 15.0. The molecule has 0 unspecified atom stereocenters. The Morgan fingerprint density at radius 1 is 0.829 bits per heavy atom. The van der Waals surface area contributed by atoms with Gasteiger partial charge in [-0.1, -0.05) is 95.7 Å². The summed E-state index contributed by atoms with van der Waals surface area (Å²) in [5.74, 6) is -4.92. The van der Waals surface area contributed by atoms with Crippen molar-refractivity contribution in [1.29, 1.82) is 0 Å². The number of hydrazine groups is 1. The van der Waals surface area contributed by atoms with Gasteiger partial charge in [0.15, 0.2) is 0 Å². The summed E-state index contributed by atoms with van der Waals surface area (Å²) in [5, 5.41) is 25.8. The summed E-state index contributed by atoms with van der Waals surface area (Å²) < 4.78 is 17.5. The van der Waals surface area contributed by atoms with E-state index < -0.39 is 108 Å². The van der Waals surface area contributed by atoms with Crippen molar-refractivity contribution in [3.05, 3.63) is 77.9 Å². The maximum Gasteiger partial charge on any atom is 0.424 e. The van der Waals surface area contributed by atoms with Crippen molar-refractivity contribution in [2.75, 3.05) is 53.8 Å². The summed E-state index contributed by atoms with van der Waals surface area (Å²) in [6.45, 7) is 16.9. The molecule has 1 heterocycles. The fraction of sp³-hybridized carbons (Fsp3) is 0.603. The Labute approximate surface area is 483 Å². The van der Waals surface area contributed by atoms with Crippen LogP contribution in [0.25, 0.3) is 0 Å². The number of hydrogen-bond donors (Lipinski definition) is 8. The average Bonchev–Trinajstić information content (AvgIpc) is 3.95. The molecule has 3 rings (SSSR count). The summed E-state index contributed by atoms with van der Waals surface area (Å²) in [5.41, 5.74) is 13.3. The molecule has 24 nitrogen and oxygen atoms in total. The summed E-state index contributed by atoms with van der Waals surface area (Å²) in [7, 11) is 7.42. The van der Waals surface area contributed by atoms with Gasteiger partial charge < -0.3 is 67.2 Å². The van der Waals surface area contributed by atoms with E-state index in [2.05, 4.69) is 33.2 Å². The second-order valence-corrected chi connectivity index (χ2v) is 21.7. The van der Waals surface area contributed by atoms with Gasteiger partial charge in [0.25, 0.3) is 0 Å². The Kier molecular flexibility index (Phi) is 28.4. The van der Waals surface area contributed by atoms with Crippen LogP contribution in [0.5, 0.6) is 0 Å². The first kappa shape index (κ1) is 69.1. The number of carboxylic acids is 1. The molecule has 11 atom stereocenters. The van der Waals surface area contributed by atoms with E-state index in [0.29, 0.717) is 55.5 Å². The molecule has 82 heavy (non-hydrogen) atoms. The number of hydrogen-bond acceptors (Lipinski definition) is 14. The number of benzene rings is 2. The van der Waals surface area contributed by atoms with Gasteiger partial charge in [-0.05, 0) is 81.0 Å². The van der Waals surface area contributed by atoms with Crippen LogP contribution in [0.1, 0.15) is 105 Å². The van der Waals surface area contributed by atoms with Gasteiger partial charge in [0.1, 0.15) is 30.8 Å². The standard InChI is InChI=1S/C58H91N11O13/c1-14-36(6)49(46(80-12)32-47(70)69-29-19-23-45(69)50(81-13)37(7)51(71)65-44(56(76)77)31-39-20-16-15-17-21-39)66(9)55(75)38(8)62-54(74)48(35(4)5)67(10)68(11)58(79)82-33-40-24-26-41(27-25-40)63-53(73)43(22-18-28-61-57(60)78)64-52(72)42(59)30-34(2)3/h15-17,20-21,24-27,34,36-38,42-46,48-50H,4,14,18-19,22-23,28-33,59H2,1-3,5-13H3,(H,62,74)(H,63,73)(H,64,72)(H,65,71)(H,76,77)(H3,60,61,78)/t36-,37+,38-,42-,43-,44-,45-,46+,48-,49-,50+/m0/s1. The largest absolute Gasteiger partial charge is 0.480 e. The number of nitrogens with two attached hydrogens (primary N) is 2. The van der Waals surface area contributed by atoms with Crippen molar-refractivity contribution in [3.63, 3.8) is 0 Å². The number of nitrogens with zero attached hydrogens (tertiary/aromatic N) is 4. The number of rotatable bonds is 33. The SMILES string of the molecule is C=C(C)[C@@H](C(=O)N[C@@H](C)C(=O)N(C)[C@@H]([C@@H](C)CC)[C@@H](CC(=O)N1CCC[C@H]1[C@H](OC)[C@@H](C)C(=O)N[C@@H](Cc1ccccc1)C(=O)O)OC)N(C)N(C)C(=O)OCc1ccc(NC(=O)[C@H](CCCNC(N)=O)NC(=O)[C@@H](N)CC(C)C)cc1. The van der Waals surface area contributed by atoms with E-state index in [1.54, 1.807) is 74.3 Å². The van der Waals surface area contributed by atoms with Gasteiger partial charge in [0.05, 0.1) is 42.7 Å². The van der Waals surface area contributed by atoms with Crippen LogP contribution < -0.4 is 38.1 Å². The summed E-state index contributed by atoms with van der Waals surface area (Å²) in [6.07, 6.45) is 0.314. The van der Waals surface area contributed by atoms with Crippen LogP contribution >= 0.6 is 0 Å². The molecule has 456 valence electrons. The van der Waals surface area contributed by atoms with Crippen molar-refractivity contribution in [2.45, 2.75) is 161 Å². The quantitative estimate of drug-likeness (QED) is 0.0288. The molecular weight excluding hydrogens is 1060 g/mol. The van der Waals surface area contributed by atoms with E-state index in [1.807, 2.05) is 33.8 Å². The van der Waals surface area contributed by atoms with E-state index >= 15 is 0 Å². The van der Waals surface area contributed by atoms with Crippen LogP contribution in [0, 0.1) is 17.8 Å². The molecule has 0 spiro atoms. The third kappa shape index (κ3) is 20.7. The molecule has 0 aromatic heterocycles. The smallest absolute Gasteiger partial charge is 0.424 e. The van der Waals surface area contributed by atoms with Crippen molar-refractivity contribution < 1.29 is 62.5 Å². The highest BCUT2D eigenvalue weighted by molar-refractivity contribution is 5.98. The number of carboxylic acid groups (broad SMARTS) is 1. The Morgan fingerprint density at radius 2 is 1.46 bits per heavy atom. The molecule has 1 aliphatic rings. The first-order chi connectivity index (χ1) is 38.7. The van der Waals surface area contributed by atoms with Gasteiger partial charge in [-0.15, -0.1) is 0 Å². The van der Waals surface area contributed by atoms with Crippen LogP contribution in [0.15, 0.2) is 66.7 Å². The van der Waals surface area contributed by atoms with Crippen molar-refractivity contribution >= 4 is 59.2 Å². The minimum absolute atomic E-state index is 0.0842. The molecule has 2 aromatic carbocycles. The molecular formula is C58H91N11O13. The van der Waals surface area contributed by atoms with E-state index in [4.69, 9.17) is 25.7 Å². The number of methoxy groups -OCH3 is 2. The predicted octanol–water partition coefficient (Wildman–Crippen LogP) is 3.53. The lowest BCUT2D eigenvalue weighted by atomic mass is 9.90. The lowest BCUT2D eigenvalue weighted by molar-refractivity contribution is -0.147. The van der Waals surface area contributed by atoms with Gasteiger partial charge >= 0.3 is 18.1 Å². The minimum Gasteiger partial charge on any atom is -0.480 e.